The molecule has 0 aliphatic rings. The Bertz CT molecular complexity index is 465. The number of hydrogen-bond donors (Lipinski definition) is 0. The minimum atomic E-state index is -0.103. The summed E-state index contributed by atoms with van der Waals surface area (Å²) in [6.45, 7) is 0. The van der Waals surface area contributed by atoms with Crippen LogP contribution in [-0.2, 0) is 0 Å². The summed E-state index contributed by atoms with van der Waals surface area (Å²) in [5.74, 6) is 0.405. The van der Waals surface area contributed by atoms with E-state index in [1.807, 2.05) is 5.38 Å². The first kappa shape index (κ1) is 9.86. The highest BCUT2D eigenvalue weighted by molar-refractivity contribution is 7.08. The Labute approximate surface area is 91.4 Å². The van der Waals surface area contributed by atoms with Gasteiger partial charge in [0.15, 0.2) is 5.69 Å². The van der Waals surface area contributed by atoms with Crippen molar-refractivity contribution in [2.75, 3.05) is 7.11 Å². The predicted octanol–water partition coefficient (Wildman–Crippen LogP) is 2.38. The topological polar surface area (TPSA) is 39.2 Å². The van der Waals surface area contributed by atoms with Crippen LogP contribution in [0.1, 0.15) is 16.1 Å². The van der Waals surface area contributed by atoms with E-state index in [1.54, 1.807) is 29.8 Å². The number of rotatable bonds is 3. The van der Waals surface area contributed by atoms with Gasteiger partial charge >= 0.3 is 0 Å². The molecule has 0 amide bonds. The molecule has 0 saturated carbocycles. The number of carbonyl (C=O) groups is 1. The third kappa shape index (κ3) is 1.89. The number of aromatic nitrogens is 1. The van der Waals surface area contributed by atoms with E-state index in [4.69, 9.17) is 4.74 Å². The van der Waals surface area contributed by atoms with Crippen LogP contribution in [0.5, 0.6) is 5.75 Å². The fourth-order valence-electron chi connectivity index (χ4n) is 1.26. The summed E-state index contributed by atoms with van der Waals surface area (Å²) in [5, 5.41) is 3.67. The smallest absolute Gasteiger partial charge is 0.215 e. The van der Waals surface area contributed by atoms with Crippen LogP contribution in [0, 0.1) is 0 Å². The van der Waals surface area contributed by atoms with E-state index in [9.17, 15) is 4.79 Å². The zero-order valence-corrected chi connectivity index (χ0v) is 8.95. The first-order chi connectivity index (χ1) is 7.33. The first-order valence-corrected chi connectivity index (χ1v) is 5.33. The second kappa shape index (κ2) is 4.23. The van der Waals surface area contributed by atoms with Crippen molar-refractivity contribution < 1.29 is 9.53 Å². The lowest BCUT2D eigenvalue weighted by Gasteiger charge is -2.04. The van der Waals surface area contributed by atoms with Gasteiger partial charge < -0.3 is 4.74 Å². The highest BCUT2D eigenvalue weighted by Crippen LogP contribution is 2.19. The molecule has 2 aromatic rings. The molecule has 2 heterocycles. The van der Waals surface area contributed by atoms with Crippen LogP contribution >= 0.6 is 11.3 Å². The Hall–Kier alpha value is -1.68. The fourth-order valence-corrected chi connectivity index (χ4v) is 1.89. The normalized spacial score (nSPS) is 9.93. The zero-order chi connectivity index (χ0) is 10.7. The lowest BCUT2D eigenvalue weighted by Crippen LogP contribution is -2.05. The summed E-state index contributed by atoms with van der Waals surface area (Å²) < 4.78 is 5.08. The van der Waals surface area contributed by atoms with Crippen molar-refractivity contribution in [1.29, 1.82) is 0 Å². The van der Waals surface area contributed by atoms with Crippen LogP contribution in [-0.4, -0.2) is 17.9 Å². The number of ether oxygens (including phenoxy) is 1. The van der Waals surface area contributed by atoms with Crippen LogP contribution in [0.4, 0.5) is 0 Å². The van der Waals surface area contributed by atoms with Gasteiger partial charge in [-0.2, -0.15) is 11.3 Å². The average molecular weight is 219 g/mol. The number of pyridine rings is 1. The molecule has 0 aliphatic heterocycles. The van der Waals surface area contributed by atoms with Gasteiger partial charge in [-0.3, -0.25) is 4.79 Å². The largest absolute Gasteiger partial charge is 0.494 e. The molecular formula is C11H9NO2S. The Morgan fingerprint density at radius 1 is 1.47 bits per heavy atom. The van der Waals surface area contributed by atoms with Crippen LogP contribution in [0.3, 0.4) is 0 Å². The van der Waals surface area contributed by atoms with Gasteiger partial charge in [-0.1, -0.05) is 0 Å². The molecule has 2 rings (SSSR count). The van der Waals surface area contributed by atoms with Crippen molar-refractivity contribution in [1.82, 2.24) is 4.98 Å². The highest BCUT2D eigenvalue weighted by atomic mass is 32.1. The maximum atomic E-state index is 12.0. The molecule has 0 spiro atoms. The number of thiophene rings is 1. The van der Waals surface area contributed by atoms with Gasteiger partial charge in [-0.15, -0.1) is 0 Å². The van der Waals surface area contributed by atoms with E-state index in [0.717, 1.165) is 0 Å². The lowest BCUT2D eigenvalue weighted by atomic mass is 10.1. The van der Waals surface area contributed by atoms with Crippen molar-refractivity contribution in [3.63, 3.8) is 0 Å². The van der Waals surface area contributed by atoms with E-state index in [0.29, 0.717) is 17.0 Å². The van der Waals surface area contributed by atoms with Crippen LogP contribution in [0.2, 0.25) is 0 Å². The molecule has 0 atom stereocenters. The standard InChI is InChI=1S/C11H9NO2S/c1-14-9-3-2-5-12-10(9)11(13)8-4-6-15-7-8/h2-7H,1H3. The van der Waals surface area contributed by atoms with Crippen LogP contribution < -0.4 is 4.74 Å². The Morgan fingerprint density at radius 3 is 3.00 bits per heavy atom. The maximum Gasteiger partial charge on any atom is 0.215 e. The van der Waals surface area contributed by atoms with Gasteiger partial charge in [0.1, 0.15) is 5.75 Å². The molecule has 76 valence electrons. The number of nitrogens with zero attached hydrogens (tertiary/aromatic N) is 1. The Kier molecular flexibility index (Phi) is 2.78. The van der Waals surface area contributed by atoms with Crippen molar-refractivity contribution >= 4 is 17.1 Å². The molecule has 0 aromatic carbocycles. The number of carbonyl (C=O) groups excluding carboxylic acids is 1. The van der Waals surface area contributed by atoms with Crippen molar-refractivity contribution in [2.24, 2.45) is 0 Å². The van der Waals surface area contributed by atoms with Gasteiger partial charge in [-0.25, -0.2) is 4.98 Å². The summed E-state index contributed by atoms with van der Waals surface area (Å²) in [7, 11) is 1.53. The van der Waals surface area contributed by atoms with Gasteiger partial charge in [0.2, 0.25) is 5.78 Å². The van der Waals surface area contributed by atoms with Crippen molar-refractivity contribution in [3.05, 3.63) is 46.4 Å². The third-order valence-corrected chi connectivity index (χ3v) is 2.67. The molecule has 2 aromatic heterocycles. The van der Waals surface area contributed by atoms with Gasteiger partial charge in [-0.05, 0) is 23.6 Å². The first-order valence-electron chi connectivity index (χ1n) is 4.39. The lowest BCUT2D eigenvalue weighted by molar-refractivity contribution is 0.103. The van der Waals surface area contributed by atoms with Crippen molar-refractivity contribution in [3.8, 4) is 5.75 Å². The van der Waals surface area contributed by atoms with Gasteiger partial charge in [0.25, 0.3) is 0 Å². The van der Waals surface area contributed by atoms with E-state index in [-0.39, 0.29) is 5.78 Å². The summed E-state index contributed by atoms with van der Waals surface area (Å²) in [4.78, 5) is 16.0. The SMILES string of the molecule is COc1cccnc1C(=O)c1ccsc1. The molecule has 4 heteroatoms. The summed E-state index contributed by atoms with van der Waals surface area (Å²) >= 11 is 1.49. The monoisotopic (exact) mass is 219 g/mol. The Balaban J connectivity index is 2.42. The summed E-state index contributed by atoms with van der Waals surface area (Å²) in [6, 6.07) is 5.25. The number of hydrogen-bond acceptors (Lipinski definition) is 4. The van der Waals surface area contributed by atoms with E-state index in [2.05, 4.69) is 4.98 Å². The minimum absolute atomic E-state index is 0.103. The second-order valence-electron chi connectivity index (χ2n) is 2.90. The fraction of sp³-hybridized carbons (Fsp3) is 0.0909. The summed E-state index contributed by atoms with van der Waals surface area (Å²) in [6.07, 6.45) is 1.59. The van der Waals surface area contributed by atoms with Gasteiger partial charge in [0.05, 0.1) is 7.11 Å². The molecular weight excluding hydrogens is 210 g/mol. The minimum Gasteiger partial charge on any atom is -0.494 e. The molecule has 0 fully saturated rings. The van der Waals surface area contributed by atoms with E-state index in [1.165, 1.54) is 18.4 Å². The molecule has 0 N–H and O–H groups in total. The van der Waals surface area contributed by atoms with E-state index < -0.39 is 0 Å². The zero-order valence-electron chi connectivity index (χ0n) is 8.14. The molecule has 3 nitrogen and oxygen atoms in total. The van der Waals surface area contributed by atoms with Crippen molar-refractivity contribution in [2.45, 2.75) is 0 Å². The second-order valence-corrected chi connectivity index (χ2v) is 3.68. The maximum absolute atomic E-state index is 12.0. The third-order valence-electron chi connectivity index (χ3n) is 1.99. The molecule has 0 bridgehead atoms. The van der Waals surface area contributed by atoms with Gasteiger partial charge in [0, 0.05) is 17.1 Å². The van der Waals surface area contributed by atoms with E-state index >= 15 is 0 Å². The molecule has 0 aliphatic carbocycles. The summed E-state index contributed by atoms with van der Waals surface area (Å²) in [5.41, 5.74) is 1.01. The predicted molar refractivity (Wildman–Crippen MR) is 58.5 cm³/mol. The number of ketones is 1. The Morgan fingerprint density at radius 2 is 2.33 bits per heavy atom. The van der Waals surface area contributed by atoms with Crippen LogP contribution in [0.15, 0.2) is 35.2 Å². The average Bonchev–Trinajstić information content (AvgIpc) is 2.81. The highest BCUT2D eigenvalue weighted by Gasteiger charge is 2.15. The molecule has 0 unspecified atom stereocenters. The number of methoxy groups -OCH3 is 1. The molecule has 0 saturated heterocycles. The molecule has 0 radical (unpaired) electrons. The molecule has 15 heavy (non-hydrogen) atoms. The van der Waals surface area contributed by atoms with Crippen LogP contribution in [0.25, 0.3) is 0 Å². The quantitative estimate of drug-likeness (QED) is 0.744.